The van der Waals surface area contributed by atoms with Gasteiger partial charge < -0.3 is 0 Å². The first-order valence-electron chi connectivity index (χ1n) is 4.66. The van der Waals surface area contributed by atoms with Crippen LogP contribution in [-0.2, 0) is 6.42 Å². The van der Waals surface area contributed by atoms with Crippen molar-refractivity contribution in [2.75, 3.05) is 0 Å². The number of pyridine rings is 1. The molecule has 0 fully saturated rings. The molecular weight excluding hydrogens is 181 g/mol. The molecule has 0 saturated heterocycles. The van der Waals surface area contributed by atoms with E-state index in [1.54, 1.807) is 10.5 Å². The van der Waals surface area contributed by atoms with Crippen molar-refractivity contribution in [2.45, 2.75) is 20.3 Å². The lowest BCUT2D eigenvalue weighted by atomic mass is 10.1. The van der Waals surface area contributed by atoms with E-state index >= 15 is 0 Å². The van der Waals surface area contributed by atoms with Crippen molar-refractivity contribution in [1.82, 2.24) is 14.6 Å². The van der Waals surface area contributed by atoms with Gasteiger partial charge in [0.1, 0.15) is 11.6 Å². The van der Waals surface area contributed by atoms with Gasteiger partial charge in [0.15, 0.2) is 5.65 Å². The van der Waals surface area contributed by atoms with Crippen LogP contribution < -0.4 is 0 Å². The van der Waals surface area contributed by atoms with Crippen molar-refractivity contribution < 1.29 is 4.39 Å². The number of hydrogen-bond donors (Lipinski definition) is 0. The van der Waals surface area contributed by atoms with Gasteiger partial charge >= 0.3 is 0 Å². The zero-order valence-electron chi connectivity index (χ0n) is 8.24. The molecule has 14 heavy (non-hydrogen) atoms. The van der Waals surface area contributed by atoms with Gasteiger partial charge in [0, 0.05) is 12.6 Å². The standard InChI is InChI=1S/C10H12FN3/c1-7(2)5-10-13-12-9-4-3-8(11)6-14(9)10/h3-4,6-7H,5H2,1-2H3. The summed E-state index contributed by atoms with van der Waals surface area (Å²) in [6.07, 6.45) is 2.23. The van der Waals surface area contributed by atoms with Crippen LogP contribution >= 0.6 is 0 Å². The van der Waals surface area contributed by atoms with Gasteiger partial charge in [-0.05, 0) is 18.1 Å². The van der Waals surface area contributed by atoms with Crippen LogP contribution in [0.4, 0.5) is 4.39 Å². The second kappa shape index (κ2) is 3.36. The topological polar surface area (TPSA) is 30.2 Å². The van der Waals surface area contributed by atoms with Gasteiger partial charge in [-0.15, -0.1) is 10.2 Å². The lowest BCUT2D eigenvalue weighted by Crippen LogP contribution is -2.00. The van der Waals surface area contributed by atoms with E-state index in [-0.39, 0.29) is 5.82 Å². The van der Waals surface area contributed by atoms with Crippen LogP contribution in [-0.4, -0.2) is 14.6 Å². The SMILES string of the molecule is CC(C)Cc1nnc2ccc(F)cn12. The minimum Gasteiger partial charge on any atom is -0.283 e. The van der Waals surface area contributed by atoms with Crippen molar-refractivity contribution in [3.63, 3.8) is 0 Å². The van der Waals surface area contributed by atoms with E-state index in [0.29, 0.717) is 11.6 Å². The fourth-order valence-corrected chi connectivity index (χ4v) is 1.42. The first kappa shape index (κ1) is 9.12. The Morgan fingerprint density at radius 2 is 2.14 bits per heavy atom. The van der Waals surface area contributed by atoms with E-state index in [0.717, 1.165) is 12.2 Å². The van der Waals surface area contributed by atoms with Gasteiger partial charge in [-0.25, -0.2) is 4.39 Å². The molecule has 2 aromatic heterocycles. The molecule has 0 spiro atoms. The summed E-state index contributed by atoms with van der Waals surface area (Å²) in [5.41, 5.74) is 0.696. The molecule has 0 aliphatic carbocycles. The molecule has 0 aromatic carbocycles. The lowest BCUT2D eigenvalue weighted by Gasteiger charge is -2.02. The number of fused-ring (bicyclic) bond motifs is 1. The third kappa shape index (κ3) is 1.60. The lowest BCUT2D eigenvalue weighted by molar-refractivity contribution is 0.599. The quantitative estimate of drug-likeness (QED) is 0.730. The predicted octanol–water partition coefficient (Wildman–Crippen LogP) is 2.07. The number of aromatic nitrogens is 3. The molecule has 2 heterocycles. The van der Waals surface area contributed by atoms with E-state index in [4.69, 9.17) is 0 Å². The van der Waals surface area contributed by atoms with Crippen molar-refractivity contribution >= 4 is 5.65 Å². The third-order valence-corrected chi connectivity index (χ3v) is 2.03. The molecule has 0 aliphatic rings. The Kier molecular flexibility index (Phi) is 2.19. The highest BCUT2D eigenvalue weighted by atomic mass is 19.1. The van der Waals surface area contributed by atoms with Crippen LogP contribution in [0, 0.1) is 11.7 Å². The van der Waals surface area contributed by atoms with E-state index < -0.39 is 0 Å². The summed E-state index contributed by atoms with van der Waals surface area (Å²) in [6.45, 7) is 4.20. The van der Waals surface area contributed by atoms with Crippen LogP contribution in [0.5, 0.6) is 0 Å². The highest BCUT2D eigenvalue weighted by Crippen LogP contribution is 2.09. The van der Waals surface area contributed by atoms with Gasteiger partial charge in [-0.3, -0.25) is 4.40 Å². The van der Waals surface area contributed by atoms with E-state index in [2.05, 4.69) is 24.0 Å². The average Bonchev–Trinajstić information content (AvgIpc) is 2.47. The van der Waals surface area contributed by atoms with Crippen molar-refractivity contribution in [2.24, 2.45) is 5.92 Å². The largest absolute Gasteiger partial charge is 0.283 e. The van der Waals surface area contributed by atoms with E-state index in [9.17, 15) is 4.39 Å². The monoisotopic (exact) mass is 193 g/mol. The van der Waals surface area contributed by atoms with Gasteiger partial charge in [0.2, 0.25) is 0 Å². The highest BCUT2D eigenvalue weighted by Gasteiger charge is 2.07. The fourth-order valence-electron chi connectivity index (χ4n) is 1.42. The first-order chi connectivity index (χ1) is 6.66. The summed E-state index contributed by atoms with van der Waals surface area (Å²) in [6, 6.07) is 3.02. The van der Waals surface area contributed by atoms with Crippen molar-refractivity contribution in [3.8, 4) is 0 Å². The van der Waals surface area contributed by atoms with Gasteiger partial charge in [-0.2, -0.15) is 0 Å². The Labute approximate surface area is 81.6 Å². The molecule has 0 saturated carbocycles. The summed E-state index contributed by atoms with van der Waals surface area (Å²) in [7, 11) is 0. The summed E-state index contributed by atoms with van der Waals surface area (Å²) in [5.74, 6) is 1.04. The molecule has 0 unspecified atom stereocenters. The first-order valence-corrected chi connectivity index (χ1v) is 4.66. The van der Waals surface area contributed by atoms with Gasteiger partial charge in [0.05, 0.1) is 0 Å². The Bertz CT molecular complexity index is 448. The average molecular weight is 193 g/mol. The molecule has 74 valence electrons. The predicted molar refractivity (Wildman–Crippen MR) is 51.5 cm³/mol. The molecular formula is C10H12FN3. The van der Waals surface area contributed by atoms with Crippen molar-refractivity contribution in [1.29, 1.82) is 0 Å². The molecule has 0 amide bonds. The Hall–Kier alpha value is -1.45. The number of nitrogens with zero attached hydrogens (tertiary/aromatic N) is 3. The minimum atomic E-state index is -0.262. The highest BCUT2D eigenvalue weighted by molar-refractivity contribution is 5.37. The van der Waals surface area contributed by atoms with Crippen LogP contribution in [0.2, 0.25) is 0 Å². The number of hydrogen-bond acceptors (Lipinski definition) is 2. The third-order valence-electron chi connectivity index (χ3n) is 2.03. The van der Waals surface area contributed by atoms with Crippen LogP contribution in [0.15, 0.2) is 18.3 Å². The molecule has 3 nitrogen and oxygen atoms in total. The van der Waals surface area contributed by atoms with Crippen LogP contribution in [0.25, 0.3) is 5.65 Å². The Morgan fingerprint density at radius 3 is 2.86 bits per heavy atom. The Morgan fingerprint density at radius 1 is 1.36 bits per heavy atom. The van der Waals surface area contributed by atoms with Crippen LogP contribution in [0.1, 0.15) is 19.7 Å². The smallest absolute Gasteiger partial charge is 0.160 e. The maximum atomic E-state index is 13.0. The Balaban J connectivity index is 2.50. The maximum Gasteiger partial charge on any atom is 0.160 e. The zero-order valence-corrected chi connectivity index (χ0v) is 8.24. The second-order valence-corrected chi connectivity index (χ2v) is 3.79. The summed E-state index contributed by atoms with van der Waals surface area (Å²) >= 11 is 0. The van der Waals surface area contributed by atoms with Gasteiger partial charge in [0.25, 0.3) is 0 Å². The summed E-state index contributed by atoms with van der Waals surface area (Å²) in [5, 5.41) is 7.98. The molecule has 2 rings (SSSR count). The number of halogens is 1. The van der Waals surface area contributed by atoms with Crippen LogP contribution in [0.3, 0.4) is 0 Å². The maximum absolute atomic E-state index is 13.0. The zero-order chi connectivity index (χ0) is 10.1. The number of rotatable bonds is 2. The molecule has 0 bridgehead atoms. The van der Waals surface area contributed by atoms with Crippen molar-refractivity contribution in [3.05, 3.63) is 30.0 Å². The van der Waals surface area contributed by atoms with Gasteiger partial charge in [-0.1, -0.05) is 13.8 Å². The molecule has 0 aliphatic heterocycles. The molecule has 0 radical (unpaired) electrons. The minimum absolute atomic E-state index is 0.262. The van der Waals surface area contributed by atoms with E-state index in [1.807, 2.05) is 0 Å². The summed E-state index contributed by atoms with van der Waals surface area (Å²) in [4.78, 5) is 0. The van der Waals surface area contributed by atoms with E-state index in [1.165, 1.54) is 12.3 Å². The molecule has 0 N–H and O–H groups in total. The normalized spacial score (nSPS) is 11.4. The fraction of sp³-hybridized carbons (Fsp3) is 0.400. The molecule has 2 aromatic rings. The second-order valence-electron chi connectivity index (χ2n) is 3.79. The molecule has 4 heteroatoms. The molecule has 0 atom stereocenters. The summed E-state index contributed by atoms with van der Waals surface area (Å²) < 4.78 is 14.7.